The van der Waals surface area contributed by atoms with Gasteiger partial charge in [-0.15, -0.1) is 0 Å². The van der Waals surface area contributed by atoms with Crippen LogP contribution in [-0.4, -0.2) is 94.3 Å². The molecule has 0 N–H and O–H groups in total. The first-order valence-electron chi connectivity index (χ1n) is 28.4. The number of carbonyl (C=O) groups excluding carboxylic acids is 6. The Morgan fingerprint density at radius 3 is 0.987 bits per heavy atom. The molecule has 0 spiro atoms. The maximum Gasteiger partial charge on any atom is 0.311 e. The van der Waals surface area contributed by atoms with Gasteiger partial charge in [0.15, 0.2) is 20.4 Å². The highest BCUT2D eigenvalue weighted by molar-refractivity contribution is 5.78. The number of esters is 6. The molecule has 10 aliphatic rings. The second-order valence-corrected chi connectivity index (χ2v) is 25.7. The van der Waals surface area contributed by atoms with Crippen molar-refractivity contribution in [3.8, 4) is 0 Å². The summed E-state index contributed by atoms with van der Waals surface area (Å²) >= 11 is 0. The van der Waals surface area contributed by atoms with Crippen LogP contribution in [0.2, 0.25) is 0 Å². The predicted octanol–water partition coefficient (Wildman–Crippen LogP) is 14.0. The van der Waals surface area contributed by atoms with Gasteiger partial charge in [0.1, 0.15) is 18.3 Å². The van der Waals surface area contributed by atoms with Crippen LogP contribution in [0.3, 0.4) is 0 Å². The van der Waals surface area contributed by atoms with Crippen molar-refractivity contribution in [1.82, 2.24) is 0 Å². The molecule has 15 nitrogen and oxygen atoms in total. The van der Waals surface area contributed by atoms with Crippen molar-refractivity contribution in [1.29, 1.82) is 0 Å². The Balaban J connectivity index is 0.000000583. The molecule has 12 atom stereocenters. The Kier molecular flexibility index (Phi) is 29.3. The molecule has 10 saturated carbocycles. The van der Waals surface area contributed by atoms with Crippen LogP contribution in [0.25, 0.3) is 0 Å². The quantitative estimate of drug-likeness (QED) is 0.0485. The largest absolute Gasteiger partial charge is 0.462 e. The minimum absolute atomic E-state index is 0. The number of methoxy groups -OCH3 is 1. The first-order valence-corrected chi connectivity index (χ1v) is 28.4. The normalized spacial score (nSPS) is 33.4. The van der Waals surface area contributed by atoms with E-state index in [0.29, 0.717) is 36.2 Å². The van der Waals surface area contributed by atoms with E-state index in [9.17, 15) is 28.8 Å². The van der Waals surface area contributed by atoms with E-state index in [1.165, 1.54) is 39.2 Å². The van der Waals surface area contributed by atoms with Crippen LogP contribution < -0.4 is 0 Å². The predicted molar refractivity (Wildman–Crippen MR) is 309 cm³/mol. The van der Waals surface area contributed by atoms with Crippen LogP contribution in [-0.2, 0) is 71.4 Å². The van der Waals surface area contributed by atoms with Gasteiger partial charge < -0.3 is 42.6 Å². The molecule has 0 heterocycles. The van der Waals surface area contributed by atoms with Gasteiger partial charge in [0.2, 0.25) is 0 Å². The highest BCUT2D eigenvalue weighted by Crippen LogP contribution is 2.56. The molecule has 0 aromatic rings. The molecule has 12 unspecified atom stereocenters. The third-order valence-corrected chi connectivity index (χ3v) is 19.7. The van der Waals surface area contributed by atoms with Crippen LogP contribution in [0, 0.1) is 93.2 Å². The van der Waals surface area contributed by atoms with E-state index in [1.54, 1.807) is 0 Å². The summed E-state index contributed by atoms with van der Waals surface area (Å²) in [5.74, 6) is 3.43. The SMILES string of the molecule is C.C.C.C.C.C.CCC(C)(C)C(=O)OC1CC2CC(C(=O)OCOC)C1C2.CCC(C)(C)C(=O)OC1CC2CC(C(=O)OCOC3C4CC5CC(C4)CC3C5)C1C2.CCOCOC(=O)C1CC2CC(OC(=O)C(C)(C)CC)C1C2. The standard InChI is InChI=1S/C25H38O5.C17H28O5.C16H26O5.6CH4/c1-4-25(2,3)24(27)30-21-12-16-10-19(21)20(11-16)23(26)29-13-28-22-17-6-14-5-15(8-17)9-18(22)7-14;1-5-17(3,4)16(19)22-14-9-11-7-12(14)13(8-11)15(18)21-10-20-6-2;1-5-16(2,3)15(18)21-13-8-10-6-11(13)12(7-10)14(17)20-9-19-4;;;;;;/h14-22H,4-13H2,1-3H3;11-14H,5-10H2,1-4H3;10-13H,5-9H2,1-4H3;6*1H4. The van der Waals surface area contributed by atoms with Gasteiger partial charge >= 0.3 is 35.8 Å². The summed E-state index contributed by atoms with van der Waals surface area (Å²) in [6.07, 6.45) is 16.9. The number of carbonyl (C=O) groups is 6. The minimum Gasteiger partial charge on any atom is -0.462 e. The Morgan fingerprint density at radius 1 is 0.392 bits per heavy atom. The molecular weight excluding hydrogens is 1010 g/mol. The summed E-state index contributed by atoms with van der Waals surface area (Å²) < 4.78 is 49.1. The third kappa shape index (κ3) is 17.4. The van der Waals surface area contributed by atoms with Crippen LogP contribution >= 0.6 is 0 Å². The summed E-state index contributed by atoms with van der Waals surface area (Å²) in [6.45, 7) is 19.9. The lowest BCUT2D eigenvalue weighted by Gasteiger charge is -2.53. The van der Waals surface area contributed by atoms with Crippen molar-refractivity contribution in [3.63, 3.8) is 0 Å². The molecule has 10 bridgehead atoms. The summed E-state index contributed by atoms with van der Waals surface area (Å²) in [7, 11) is 1.49. The minimum atomic E-state index is -0.468. The number of rotatable bonds is 20. The lowest BCUT2D eigenvalue weighted by atomic mass is 9.55. The lowest BCUT2D eigenvalue weighted by molar-refractivity contribution is -0.193. The van der Waals surface area contributed by atoms with Crippen molar-refractivity contribution in [2.45, 2.75) is 247 Å². The van der Waals surface area contributed by atoms with Crippen molar-refractivity contribution in [3.05, 3.63) is 0 Å². The number of fused-ring (bicyclic) bond motifs is 6. The second kappa shape index (κ2) is 31.4. The fraction of sp³-hybridized carbons (Fsp3) is 0.906. The van der Waals surface area contributed by atoms with Crippen molar-refractivity contribution < 1.29 is 71.4 Å². The second-order valence-electron chi connectivity index (χ2n) is 25.7. The Labute approximate surface area is 480 Å². The van der Waals surface area contributed by atoms with Gasteiger partial charge in [-0.25, -0.2) is 0 Å². The molecule has 462 valence electrons. The zero-order chi connectivity index (χ0) is 53.0. The van der Waals surface area contributed by atoms with Crippen molar-refractivity contribution in [2.75, 3.05) is 34.1 Å². The topological polar surface area (TPSA) is 185 Å². The lowest BCUT2D eigenvalue weighted by Crippen LogP contribution is -2.49. The van der Waals surface area contributed by atoms with E-state index in [0.717, 1.165) is 88.9 Å². The van der Waals surface area contributed by atoms with Gasteiger partial charge in [0.05, 0.1) is 40.1 Å². The first kappa shape index (κ1) is 73.7. The monoisotopic (exact) mass is 1120 g/mol. The Bertz CT molecular complexity index is 1900. The first-order chi connectivity index (χ1) is 34.6. The van der Waals surface area contributed by atoms with E-state index in [4.69, 9.17) is 42.6 Å². The van der Waals surface area contributed by atoms with E-state index < -0.39 is 16.2 Å². The molecule has 10 fully saturated rings. The summed E-state index contributed by atoms with van der Waals surface area (Å²) in [5.41, 5.74) is -1.40. The number of ether oxygens (including phenoxy) is 9. The fourth-order valence-electron chi connectivity index (χ4n) is 14.3. The molecule has 0 amide bonds. The van der Waals surface area contributed by atoms with Gasteiger partial charge in [0, 0.05) is 31.5 Å². The molecule has 10 rings (SSSR count). The van der Waals surface area contributed by atoms with Crippen molar-refractivity contribution >= 4 is 35.8 Å². The maximum atomic E-state index is 12.8. The average molecular weight is 1130 g/mol. The molecule has 0 aromatic heterocycles. The molecule has 15 heteroatoms. The summed E-state index contributed by atoms with van der Waals surface area (Å²) in [5, 5.41) is 0. The van der Waals surface area contributed by atoms with Crippen molar-refractivity contribution in [2.24, 2.45) is 93.2 Å². The molecule has 79 heavy (non-hydrogen) atoms. The zero-order valence-corrected chi connectivity index (χ0v) is 46.3. The highest BCUT2D eigenvalue weighted by atomic mass is 16.7. The number of hydrogen-bond donors (Lipinski definition) is 0. The molecule has 0 aromatic carbocycles. The summed E-state index contributed by atoms with van der Waals surface area (Å²) in [4.78, 5) is 74.0. The van der Waals surface area contributed by atoms with E-state index >= 15 is 0 Å². The Morgan fingerprint density at radius 2 is 0.696 bits per heavy atom. The molecule has 10 aliphatic carbocycles. The average Bonchev–Trinajstić information content (AvgIpc) is 4.25. The van der Waals surface area contributed by atoms with Gasteiger partial charge in [-0.05, 0) is 199 Å². The van der Waals surface area contributed by atoms with Crippen LogP contribution in [0.15, 0.2) is 0 Å². The molecule has 0 radical (unpaired) electrons. The zero-order valence-electron chi connectivity index (χ0n) is 46.3. The van der Waals surface area contributed by atoms with E-state index in [-0.39, 0.29) is 161 Å². The van der Waals surface area contributed by atoms with E-state index in [1.807, 2.05) is 69.2 Å². The van der Waals surface area contributed by atoms with Crippen LogP contribution in [0.4, 0.5) is 0 Å². The maximum absolute atomic E-state index is 12.8. The molecular formula is C64H116O15. The molecule has 0 saturated heterocycles. The van der Waals surface area contributed by atoms with Crippen LogP contribution in [0.1, 0.15) is 223 Å². The van der Waals surface area contributed by atoms with E-state index in [2.05, 4.69) is 0 Å². The van der Waals surface area contributed by atoms with Gasteiger partial charge in [0.25, 0.3) is 0 Å². The highest BCUT2D eigenvalue weighted by Gasteiger charge is 2.55. The van der Waals surface area contributed by atoms with Crippen LogP contribution in [0.5, 0.6) is 0 Å². The third-order valence-electron chi connectivity index (χ3n) is 19.7. The fourth-order valence-corrected chi connectivity index (χ4v) is 14.3. The Hall–Kier alpha value is -3.30. The van der Waals surface area contributed by atoms with Gasteiger partial charge in [-0.1, -0.05) is 65.3 Å². The van der Waals surface area contributed by atoms with Gasteiger partial charge in [-0.2, -0.15) is 0 Å². The number of hydrogen-bond acceptors (Lipinski definition) is 15. The van der Waals surface area contributed by atoms with Gasteiger partial charge in [-0.3, -0.25) is 28.8 Å². The molecule has 0 aliphatic heterocycles. The smallest absolute Gasteiger partial charge is 0.311 e. The summed E-state index contributed by atoms with van der Waals surface area (Å²) in [6, 6.07) is 0.